The molecule has 4 heteroatoms. The minimum absolute atomic E-state index is 0.413. The van der Waals surface area contributed by atoms with Crippen molar-refractivity contribution in [3.63, 3.8) is 0 Å². The lowest BCUT2D eigenvalue weighted by molar-refractivity contribution is -0.0714. The monoisotopic (exact) mass is 215 g/mol. The van der Waals surface area contributed by atoms with E-state index in [9.17, 15) is 8.78 Å². The third kappa shape index (κ3) is 2.33. The second kappa shape index (κ2) is 4.24. The van der Waals surface area contributed by atoms with Gasteiger partial charge in [-0.05, 0) is 30.5 Å². The molecule has 0 saturated carbocycles. The number of benzene rings is 1. The van der Waals surface area contributed by atoms with Crippen molar-refractivity contribution in [3.05, 3.63) is 34.9 Å². The van der Waals surface area contributed by atoms with Crippen LogP contribution in [0.2, 0.25) is 0 Å². The number of hydrogen-bond acceptors (Lipinski definition) is 2. The standard InChI is InChI=1S/C11H15F2NO/c1-7-4-3-5-8(2)9(7)10(14)11(12,13)6-15/h3-5,10,15H,6,14H2,1-2H3/t10-/m1/s1. The Hall–Kier alpha value is -1.00. The molecule has 1 atom stereocenters. The van der Waals surface area contributed by atoms with Crippen LogP contribution in [0.3, 0.4) is 0 Å². The van der Waals surface area contributed by atoms with Crippen LogP contribution in [0.15, 0.2) is 18.2 Å². The molecule has 2 nitrogen and oxygen atoms in total. The van der Waals surface area contributed by atoms with Crippen molar-refractivity contribution in [2.75, 3.05) is 6.61 Å². The summed E-state index contributed by atoms with van der Waals surface area (Å²) in [6, 6.07) is 3.80. The Morgan fingerprint density at radius 3 is 2.20 bits per heavy atom. The van der Waals surface area contributed by atoms with Gasteiger partial charge in [-0.15, -0.1) is 0 Å². The van der Waals surface area contributed by atoms with Crippen LogP contribution in [0.5, 0.6) is 0 Å². The van der Waals surface area contributed by atoms with Crippen LogP contribution in [0, 0.1) is 13.8 Å². The fourth-order valence-electron chi connectivity index (χ4n) is 1.63. The van der Waals surface area contributed by atoms with E-state index in [1.807, 2.05) is 0 Å². The second-order valence-corrected chi connectivity index (χ2v) is 3.70. The largest absolute Gasteiger partial charge is 0.390 e. The van der Waals surface area contributed by atoms with Gasteiger partial charge in [-0.3, -0.25) is 0 Å². The predicted molar refractivity (Wildman–Crippen MR) is 54.9 cm³/mol. The molecule has 0 fully saturated rings. The van der Waals surface area contributed by atoms with Crippen molar-refractivity contribution >= 4 is 0 Å². The molecule has 84 valence electrons. The van der Waals surface area contributed by atoms with Gasteiger partial charge in [0.2, 0.25) is 0 Å². The van der Waals surface area contributed by atoms with E-state index in [-0.39, 0.29) is 0 Å². The number of rotatable bonds is 3. The zero-order valence-electron chi connectivity index (χ0n) is 8.80. The minimum atomic E-state index is -3.28. The summed E-state index contributed by atoms with van der Waals surface area (Å²) >= 11 is 0. The molecule has 3 N–H and O–H groups in total. The summed E-state index contributed by atoms with van der Waals surface area (Å²) in [7, 11) is 0. The Bertz CT molecular complexity index is 332. The van der Waals surface area contributed by atoms with E-state index in [4.69, 9.17) is 10.8 Å². The minimum Gasteiger partial charge on any atom is -0.390 e. The van der Waals surface area contributed by atoms with Gasteiger partial charge < -0.3 is 10.8 Å². The summed E-state index contributed by atoms with van der Waals surface area (Å²) in [6.45, 7) is 2.23. The highest BCUT2D eigenvalue weighted by Gasteiger charge is 2.38. The number of halogens is 2. The first kappa shape index (κ1) is 12.1. The van der Waals surface area contributed by atoms with Crippen molar-refractivity contribution < 1.29 is 13.9 Å². The number of aryl methyl sites for hydroxylation is 2. The fraction of sp³-hybridized carbons (Fsp3) is 0.455. The summed E-state index contributed by atoms with van der Waals surface area (Å²) < 4.78 is 26.4. The van der Waals surface area contributed by atoms with Crippen molar-refractivity contribution in [3.8, 4) is 0 Å². The van der Waals surface area contributed by atoms with Crippen molar-refractivity contribution in [1.82, 2.24) is 0 Å². The molecule has 15 heavy (non-hydrogen) atoms. The Balaban J connectivity index is 3.16. The lowest BCUT2D eigenvalue weighted by Crippen LogP contribution is -2.37. The summed E-state index contributed by atoms with van der Waals surface area (Å²) in [5, 5.41) is 8.58. The van der Waals surface area contributed by atoms with Gasteiger partial charge in [0.05, 0.1) is 6.04 Å². The van der Waals surface area contributed by atoms with Gasteiger partial charge in [-0.25, -0.2) is 8.78 Å². The molecule has 1 rings (SSSR count). The average molecular weight is 215 g/mol. The number of hydrogen-bond donors (Lipinski definition) is 2. The third-order valence-electron chi connectivity index (χ3n) is 2.52. The maximum absolute atomic E-state index is 13.2. The van der Waals surface area contributed by atoms with Gasteiger partial charge in [-0.1, -0.05) is 18.2 Å². The molecule has 0 aromatic heterocycles. The van der Waals surface area contributed by atoms with Gasteiger partial charge in [0.1, 0.15) is 6.61 Å². The molecule has 0 unspecified atom stereocenters. The highest BCUT2D eigenvalue weighted by Crippen LogP contribution is 2.32. The Kier molecular flexibility index (Phi) is 3.42. The van der Waals surface area contributed by atoms with E-state index in [1.54, 1.807) is 32.0 Å². The van der Waals surface area contributed by atoms with Crippen LogP contribution in [0.1, 0.15) is 22.7 Å². The Labute approximate surface area is 87.7 Å². The van der Waals surface area contributed by atoms with E-state index in [0.717, 1.165) is 11.1 Å². The van der Waals surface area contributed by atoms with Crippen LogP contribution < -0.4 is 5.73 Å². The summed E-state index contributed by atoms with van der Waals surface area (Å²) in [5.74, 6) is -3.28. The van der Waals surface area contributed by atoms with Crippen LogP contribution in [0.4, 0.5) is 8.78 Å². The molecule has 0 bridgehead atoms. The first-order chi connectivity index (χ1) is 6.90. The van der Waals surface area contributed by atoms with Crippen LogP contribution in [0.25, 0.3) is 0 Å². The van der Waals surface area contributed by atoms with Crippen LogP contribution >= 0.6 is 0 Å². The molecule has 0 aliphatic heterocycles. The third-order valence-corrected chi connectivity index (χ3v) is 2.52. The first-order valence-corrected chi connectivity index (χ1v) is 4.70. The average Bonchev–Trinajstić information content (AvgIpc) is 2.17. The SMILES string of the molecule is Cc1cccc(C)c1[C@@H](N)C(F)(F)CO. The van der Waals surface area contributed by atoms with Crippen molar-refractivity contribution in [2.45, 2.75) is 25.8 Å². The zero-order chi connectivity index (χ0) is 11.6. The molecule has 0 aliphatic rings. The number of aliphatic hydroxyl groups is 1. The zero-order valence-corrected chi connectivity index (χ0v) is 8.80. The van der Waals surface area contributed by atoms with E-state index in [2.05, 4.69) is 0 Å². The lowest BCUT2D eigenvalue weighted by Gasteiger charge is -2.24. The maximum atomic E-state index is 13.2. The van der Waals surface area contributed by atoms with Crippen LogP contribution in [-0.2, 0) is 0 Å². The Morgan fingerprint density at radius 1 is 1.33 bits per heavy atom. The molecule has 1 aromatic carbocycles. The van der Waals surface area contributed by atoms with Gasteiger partial charge in [0.15, 0.2) is 0 Å². The fourth-order valence-corrected chi connectivity index (χ4v) is 1.63. The molecule has 0 heterocycles. The number of nitrogens with two attached hydrogens (primary N) is 1. The molecule has 0 radical (unpaired) electrons. The van der Waals surface area contributed by atoms with E-state index >= 15 is 0 Å². The molecule has 0 aliphatic carbocycles. The van der Waals surface area contributed by atoms with Crippen LogP contribution in [-0.4, -0.2) is 17.6 Å². The highest BCUT2D eigenvalue weighted by atomic mass is 19.3. The number of aliphatic hydroxyl groups excluding tert-OH is 1. The second-order valence-electron chi connectivity index (χ2n) is 3.70. The maximum Gasteiger partial charge on any atom is 0.289 e. The molecule has 0 amide bonds. The molecule has 0 saturated heterocycles. The molecule has 1 aromatic rings. The predicted octanol–water partition coefficient (Wildman–Crippen LogP) is 1.93. The van der Waals surface area contributed by atoms with Crippen molar-refractivity contribution in [2.24, 2.45) is 5.73 Å². The Morgan fingerprint density at radius 2 is 1.80 bits per heavy atom. The molecular formula is C11H15F2NO. The normalized spacial score (nSPS) is 14.0. The van der Waals surface area contributed by atoms with Gasteiger partial charge in [-0.2, -0.15) is 0 Å². The molecule has 0 spiro atoms. The smallest absolute Gasteiger partial charge is 0.289 e. The quantitative estimate of drug-likeness (QED) is 0.809. The summed E-state index contributed by atoms with van der Waals surface area (Å²) in [4.78, 5) is 0. The van der Waals surface area contributed by atoms with Gasteiger partial charge in [0.25, 0.3) is 5.92 Å². The lowest BCUT2D eigenvalue weighted by atomic mass is 9.93. The summed E-state index contributed by atoms with van der Waals surface area (Å²) in [6.07, 6.45) is 0. The van der Waals surface area contributed by atoms with E-state index in [0.29, 0.717) is 5.56 Å². The van der Waals surface area contributed by atoms with Gasteiger partial charge >= 0.3 is 0 Å². The van der Waals surface area contributed by atoms with E-state index in [1.165, 1.54) is 0 Å². The highest BCUT2D eigenvalue weighted by molar-refractivity contribution is 5.37. The topological polar surface area (TPSA) is 46.2 Å². The van der Waals surface area contributed by atoms with Gasteiger partial charge in [0, 0.05) is 0 Å². The number of alkyl halides is 2. The van der Waals surface area contributed by atoms with Crippen molar-refractivity contribution in [1.29, 1.82) is 0 Å². The molecular weight excluding hydrogens is 200 g/mol. The van der Waals surface area contributed by atoms with E-state index < -0.39 is 18.6 Å². The summed E-state index contributed by atoms with van der Waals surface area (Å²) in [5.41, 5.74) is 7.32. The first-order valence-electron chi connectivity index (χ1n) is 4.70.